The minimum atomic E-state index is -0.265. The molecule has 11 aromatic carbocycles. The van der Waals surface area contributed by atoms with E-state index in [1.54, 1.807) is 0 Å². The van der Waals surface area contributed by atoms with Gasteiger partial charge in [0.25, 0.3) is 6.71 Å². The molecule has 2 aliphatic carbocycles. The minimum absolute atomic E-state index is 0.0323. The Hall–Kier alpha value is -9.72. The summed E-state index contributed by atoms with van der Waals surface area (Å²) >= 11 is 0. The van der Waals surface area contributed by atoms with Gasteiger partial charge in [0.1, 0.15) is 16.7 Å². The maximum Gasteiger partial charge on any atom is 0.252 e. The van der Waals surface area contributed by atoms with Crippen molar-refractivity contribution in [3.8, 4) is 22.3 Å². The number of fused-ring (bicyclic) bond motifs is 16. The van der Waals surface area contributed by atoms with Gasteiger partial charge in [-0.25, -0.2) is 0 Å². The number of aryl methyl sites for hydroxylation is 2. The highest BCUT2D eigenvalue weighted by Crippen LogP contribution is 2.65. The van der Waals surface area contributed by atoms with E-state index >= 15 is 0 Å². The van der Waals surface area contributed by atoms with Crippen LogP contribution in [0.25, 0.3) is 66.1 Å². The highest BCUT2D eigenvalue weighted by Gasteiger charge is 2.60. The third kappa shape index (κ3) is 7.15. The molecule has 2 fully saturated rings. The lowest BCUT2D eigenvalue weighted by molar-refractivity contribution is 0.194. The molecule has 0 amide bonds. The Balaban J connectivity index is 0.940. The summed E-state index contributed by atoms with van der Waals surface area (Å²) in [7, 11) is 0. The van der Waals surface area contributed by atoms with Crippen LogP contribution in [0.5, 0.6) is 0 Å². The van der Waals surface area contributed by atoms with Crippen molar-refractivity contribution in [2.75, 3.05) is 19.6 Å². The third-order valence-electron chi connectivity index (χ3n) is 23.6. The fourth-order valence-electron chi connectivity index (χ4n) is 19.1. The van der Waals surface area contributed by atoms with Gasteiger partial charge in [-0.05, 0) is 193 Å². The van der Waals surface area contributed by atoms with Gasteiger partial charge in [0.05, 0.1) is 16.8 Å². The Kier molecular flexibility index (Phi) is 11.1. The molecule has 6 nitrogen and oxygen atoms in total. The first kappa shape index (κ1) is 53.2. The normalized spacial score (nSPS) is 21.9. The average molecular weight is 1180 g/mol. The molecule has 0 spiro atoms. The number of hydrogen-bond donors (Lipinski definition) is 0. The zero-order chi connectivity index (χ0) is 60.9. The van der Waals surface area contributed by atoms with Crippen molar-refractivity contribution in [3.05, 3.63) is 247 Å². The third-order valence-corrected chi connectivity index (χ3v) is 23.6. The number of rotatable bonds is 6. The van der Waals surface area contributed by atoms with Gasteiger partial charge >= 0.3 is 0 Å². The van der Waals surface area contributed by atoms with E-state index in [2.05, 4.69) is 286 Å². The Morgan fingerprint density at radius 2 is 0.923 bits per heavy atom. The number of nitrogens with zero attached hydrogens (tertiary/aromatic N) is 4. The van der Waals surface area contributed by atoms with Crippen LogP contribution in [-0.4, -0.2) is 17.8 Å². The molecule has 13 aromatic rings. The Labute approximate surface area is 533 Å². The summed E-state index contributed by atoms with van der Waals surface area (Å²) in [6.45, 7) is 14.8. The van der Waals surface area contributed by atoms with Crippen molar-refractivity contribution in [1.29, 1.82) is 0 Å². The van der Waals surface area contributed by atoms with Crippen LogP contribution in [0.4, 0.5) is 56.9 Å². The van der Waals surface area contributed by atoms with Crippen molar-refractivity contribution in [2.45, 2.75) is 115 Å². The number of para-hydroxylation sites is 3. The van der Waals surface area contributed by atoms with E-state index in [0.717, 1.165) is 104 Å². The monoisotopic (exact) mass is 1180 g/mol. The molecule has 4 atom stereocenters. The minimum Gasteiger partial charge on any atom is -0.456 e. The molecule has 91 heavy (non-hydrogen) atoms. The van der Waals surface area contributed by atoms with Crippen LogP contribution in [0, 0.1) is 13.8 Å². The van der Waals surface area contributed by atoms with Crippen molar-refractivity contribution in [1.82, 2.24) is 0 Å². The number of anilines is 10. The molecule has 19 rings (SSSR count). The van der Waals surface area contributed by atoms with Crippen LogP contribution in [0.1, 0.15) is 101 Å². The fourth-order valence-corrected chi connectivity index (χ4v) is 19.1. The molecule has 0 saturated heterocycles. The maximum absolute atomic E-state index is 7.28. The van der Waals surface area contributed by atoms with Crippen LogP contribution in [0.2, 0.25) is 0 Å². The second-order valence-corrected chi connectivity index (χ2v) is 28.3. The van der Waals surface area contributed by atoms with Gasteiger partial charge in [-0.3, -0.25) is 0 Å². The first-order valence-corrected chi connectivity index (χ1v) is 33.3. The van der Waals surface area contributed by atoms with Crippen LogP contribution < -0.4 is 36.0 Å². The van der Waals surface area contributed by atoms with Crippen LogP contribution in [0.3, 0.4) is 0 Å². The molecule has 2 saturated carbocycles. The van der Waals surface area contributed by atoms with E-state index in [-0.39, 0.29) is 28.6 Å². The summed E-state index contributed by atoms with van der Waals surface area (Å²) in [6, 6.07) is 85.1. The van der Waals surface area contributed by atoms with Gasteiger partial charge in [0.15, 0.2) is 5.58 Å². The summed E-state index contributed by atoms with van der Waals surface area (Å²) in [5.41, 5.74) is 29.0. The highest BCUT2D eigenvalue weighted by molar-refractivity contribution is 7.00. The average Bonchev–Trinajstić information content (AvgIpc) is 1.68. The zero-order valence-corrected chi connectivity index (χ0v) is 52.7. The summed E-state index contributed by atoms with van der Waals surface area (Å²) in [4.78, 5) is 10.8. The first-order chi connectivity index (χ1) is 44.4. The van der Waals surface area contributed by atoms with E-state index in [9.17, 15) is 0 Å². The molecule has 7 heteroatoms. The zero-order valence-electron chi connectivity index (χ0n) is 52.7. The molecule has 6 aliphatic rings. The second kappa shape index (κ2) is 18.9. The van der Waals surface area contributed by atoms with Gasteiger partial charge in [0, 0.05) is 89.6 Å². The van der Waals surface area contributed by atoms with E-state index in [0.29, 0.717) is 0 Å². The van der Waals surface area contributed by atoms with Gasteiger partial charge in [0.2, 0.25) is 0 Å². The predicted molar refractivity (Wildman–Crippen MR) is 381 cm³/mol. The molecule has 4 unspecified atom stereocenters. The highest BCUT2D eigenvalue weighted by atomic mass is 16.3. The molecule has 6 heterocycles. The van der Waals surface area contributed by atoms with Gasteiger partial charge in [-0.15, -0.1) is 0 Å². The standard InChI is InChI=1S/C84H71BN4O2/c1-52-44-53(2)78-72(45-52)88(84(6)43-20-18-41-82(78,84)4)59-35-38-67-71(48-59)87(69-29-21-28-64-62-27-14-16-31-76(62)91-80(64)69)74-50-60(89-68-39-33-56(54-22-9-7-10-23-54)46-65(68)81(3)40-17-19-42-83(81,89)5)49-73-79(74)85(67)66-37-32-57(55-24-11-8-12-25-55)47-70(66)86(73)58-34-36-63-61-26-13-15-30-75(61)90-77(63)51-58/h7-16,21-39,44-51H,17-20,40-43H2,1-6H3. The Morgan fingerprint density at radius 3 is 1.67 bits per heavy atom. The van der Waals surface area contributed by atoms with Gasteiger partial charge in [-0.1, -0.05) is 179 Å². The van der Waals surface area contributed by atoms with Gasteiger partial charge in [-0.2, -0.15) is 0 Å². The van der Waals surface area contributed by atoms with E-state index in [1.165, 1.54) is 109 Å². The molecule has 2 aromatic heterocycles. The largest absolute Gasteiger partial charge is 0.456 e. The van der Waals surface area contributed by atoms with E-state index in [1.807, 2.05) is 0 Å². The summed E-state index contributed by atoms with van der Waals surface area (Å²) < 4.78 is 14.1. The molecular weight excluding hydrogens is 1110 g/mol. The van der Waals surface area contributed by atoms with Crippen molar-refractivity contribution >= 4 is 124 Å². The first-order valence-electron chi connectivity index (χ1n) is 33.3. The van der Waals surface area contributed by atoms with Crippen LogP contribution >= 0.6 is 0 Å². The quantitative estimate of drug-likeness (QED) is 0.155. The SMILES string of the molecule is Cc1cc(C)c2c(c1)N(c1ccc3c(c1)N(c1cccc4c1oc1ccccc14)c1cc(N4c5ccc(-c6ccccc6)cc5C5(C)CCCCC45C)cc4c1B3c1ccc(-c3ccccc3)cc1N4c1ccc3c(c1)oc1ccccc13)C1(C)CCCCC21C. The molecule has 0 radical (unpaired) electrons. The molecule has 0 N–H and O–H groups in total. The van der Waals surface area contributed by atoms with Crippen LogP contribution in [0.15, 0.2) is 233 Å². The second-order valence-electron chi connectivity index (χ2n) is 28.3. The Bertz CT molecular complexity index is 5240. The van der Waals surface area contributed by atoms with Crippen molar-refractivity contribution in [2.24, 2.45) is 0 Å². The predicted octanol–water partition coefficient (Wildman–Crippen LogP) is 21.0. The lowest BCUT2D eigenvalue weighted by Gasteiger charge is -2.51. The number of benzene rings is 11. The van der Waals surface area contributed by atoms with Gasteiger partial charge < -0.3 is 28.4 Å². The molecule has 442 valence electrons. The maximum atomic E-state index is 7.28. The lowest BCUT2D eigenvalue weighted by atomic mass is 9.33. The van der Waals surface area contributed by atoms with Crippen molar-refractivity contribution < 1.29 is 8.83 Å². The van der Waals surface area contributed by atoms with E-state index in [4.69, 9.17) is 8.83 Å². The molecule has 0 bridgehead atoms. The number of hydrogen-bond acceptors (Lipinski definition) is 6. The number of furan rings is 2. The lowest BCUT2D eigenvalue weighted by Crippen LogP contribution is -2.61. The van der Waals surface area contributed by atoms with Crippen LogP contribution in [-0.2, 0) is 10.8 Å². The summed E-state index contributed by atoms with van der Waals surface area (Å²) in [5.74, 6) is 0. The van der Waals surface area contributed by atoms with Crippen molar-refractivity contribution in [3.63, 3.8) is 0 Å². The smallest absolute Gasteiger partial charge is 0.252 e. The fraction of sp³-hybridized carbons (Fsp3) is 0.214. The van der Waals surface area contributed by atoms with E-state index < -0.39 is 0 Å². The molecule has 4 aliphatic heterocycles. The summed E-state index contributed by atoms with van der Waals surface area (Å²) in [5, 5.41) is 4.46. The Morgan fingerprint density at radius 1 is 0.363 bits per heavy atom. The molecular formula is C84H71BN4O2. The summed E-state index contributed by atoms with van der Waals surface area (Å²) in [6.07, 6.45) is 9.23. The topological polar surface area (TPSA) is 39.2 Å².